The minimum Gasteiger partial charge on any atom is -0.336 e. The summed E-state index contributed by atoms with van der Waals surface area (Å²) in [5.41, 5.74) is 3.41. The Bertz CT molecular complexity index is 1090. The molecule has 4 rings (SSSR count). The third-order valence-corrected chi connectivity index (χ3v) is 5.40. The van der Waals surface area contributed by atoms with Crippen LogP contribution in [-0.4, -0.2) is 64.8 Å². The van der Waals surface area contributed by atoms with E-state index in [1.54, 1.807) is 13.1 Å². The molecule has 0 atom stereocenters. The summed E-state index contributed by atoms with van der Waals surface area (Å²) in [6, 6.07) is 16.6. The third kappa shape index (κ3) is 4.78. The zero-order valence-electron chi connectivity index (χ0n) is 17.7. The highest BCUT2D eigenvalue weighted by Crippen LogP contribution is 2.21. The second kappa shape index (κ2) is 9.06. The number of hydrogen-bond acceptors (Lipinski definition) is 5. The molecule has 3 aromatic rings. The molecular weight excluding hydrogens is 390 g/mol. The van der Waals surface area contributed by atoms with Crippen molar-refractivity contribution >= 4 is 17.5 Å². The second-order valence-electron chi connectivity index (χ2n) is 7.69. The normalized spacial score (nSPS) is 14.3. The van der Waals surface area contributed by atoms with Gasteiger partial charge in [0.15, 0.2) is 0 Å². The largest absolute Gasteiger partial charge is 0.336 e. The molecule has 0 unspecified atom stereocenters. The van der Waals surface area contributed by atoms with Crippen molar-refractivity contribution in [2.75, 3.05) is 38.5 Å². The molecule has 7 nitrogen and oxygen atoms in total. The predicted molar refractivity (Wildman–Crippen MR) is 120 cm³/mol. The molecule has 0 spiro atoms. The minimum absolute atomic E-state index is 0.0112. The zero-order valence-corrected chi connectivity index (χ0v) is 17.7. The topological polar surface area (TPSA) is 78.4 Å². The number of hydrogen-bond donors (Lipinski definition) is 1. The van der Waals surface area contributed by atoms with Gasteiger partial charge in [0.2, 0.25) is 0 Å². The van der Waals surface area contributed by atoms with E-state index in [-0.39, 0.29) is 17.5 Å². The number of carbonyl (C=O) groups is 2. The van der Waals surface area contributed by atoms with Crippen LogP contribution in [0.2, 0.25) is 0 Å². The second-order valence-corrected chi connectivity index (χ2v) is 7.69. The molecule has 1 aliphatic heterocycles. The van der Waals surface area contributed by atoms with Crippen molar-refractivity contribution in [2.24, 2.45) is 0 Å². The molecule has 0 aliphatic carbocycles. The van der Waals surface area contributed by atoms with E-state index in [0.717, 1.165) is 18.7 Å². The van der Waals surface area contributed by atoms with E-state index in [2.05, 4.69) is 27.2 Å². The number of aromatic nitrogens is 2. The van der Waals surface area contributed by atoms with Crippen LogP contribution in [0.3, 0.4) is 0 Å². The average molecular weight is 415 g/mol. The summed E-state index contributed by atoms with van der Waals surface area (Å²) in [6.07, 6.45) is 1.63. The predicted octanol–water partition coefficient (Wildman–Crippen LogP) is 3.09. The Labute approximate surface area is 181 Å². The highest BCUT2D eigenvalue weighted by atomic mass is 16.2. The molecule has 7 heteroatoms. The summed E-state index contributed by atoms with van der Waals surface area (Å²) in [4.78, 5) is 38.7. The van der Waals surface area contributed by atoms with Crippen molar-refractivity contribution in [3.05, 3.63) is 77.7 Å². The van der Waals surface area contributed by atoms with Crippen LogP contribution in [0.1, 0.15) is 26.5 Å². The summed E-state index contributed by atoms with van der Waals surface area (Å²) >= 11 is 0. The minimum atomic E-state index is -0.317. The van der Waals surface area contributed by atoms with Gasteiger partial charge < -0.3 is 15.1 Å². The van der Waals surface area contributed by atoms with Crippen LogP contribution in [0.25, 0.3) is 11.3 Å². The fraction of sp³-hybridized carbons (Fsp3) is 0.250. The zero-order chi connectivity index (χ0) is 21.8. The third-order valence-electron chi connectivity index (χ3n) is 5.40. The maximum absolute atomic E-state index is 12.9. The van der Waals surface area contributed by atoms with Gasteiger partial charge in [0.05, 0.1) is 17.6 Å². The number of likely N-dealkylation sites (N-methyl/N-ethyl adjacent to an activating group) is 1. The fourth-order valence-corrected chi connectivity index (χ4v) is 3.52. The number of aryl methyl sites for hydroxylation is 1. The Kier molecular flexibility index (Phi) is 6.04. The first-order valence-corrected chi connectivity index (χ1v) is 10.3. The van der Waals surface area contributed by atoms with Crippen molar-refractivity contribution in [3.63, 3.8) is 0 Å². The number of amides is 2. The van der Waals surface area contributed by atoms with Gasteiger partial charge in [-0.05, 0) is 38.2 Å². The average Bonchev–Trinajstić information content (AvgIpc) is 2.80. The number of piperazine rings is 1. The SMILES string of the molecule is Cc1ncc(-c2cccc(C(=O)N3CCN(C)CC3)c2)nc1C(=O)Nc1ccccc1. The lowest BCUT2D eigenvalue weighted by Gasteiger charge is -2.32. The molecule has 2 aromatic carbocycles. The molecule has 1 fully saturated rings. The van der Waals surface area contributed by atoms with Crippen LogP contribution in [0.4, 0.5) is 5.69 Å². The monoisotopic (exact) mass is 415 g/mol. The van der Waals surface area contributed by atoms with Crippen molar-refractivity contribution in [2.45, 2.75) is 6.92 Å². The van der Waals surface area contributed by atoms with Gasteiger partial charge in [0.1, 0.15) is 5.69 Å². The van der Waals surface area contributed by atoms with Crippen LogP contribution in [0.15, 0.2) is 60.8 Å². The Morgan fingerprint density at radius 2 is 1.71 bits per heavy atom. The van der Waals surface area contributed by atoms with Gasteiger partial charge in [0.25, 0.3) is 11.8 Å². The number of para-hydroxylation sites is 1. The van der Waals surface area contributed by atoms with Crippen molar-refractivity contribution in [3.8, 4) is 11.3 Å². The van der Waals surface area contributed by atoms with Gasteiger partial charge in [0, 0.05) is 43.0 Å². The van der Waals surface area contributed by atoms with Gasteiger partial charge in [-0.2, -0.15) is 0 Å². The molecule has 2 heterocycles. The number of rotatable bonds is 4. The maximum Gasteiger partial charge on any atom is 0.276 e. The molecular formula is C24H25N5O2. The Balaban J connectivity index is 1.57. The van der Waals surface area contributed by atoms with Gasteiger partial charge in [-0.3, -0.25) is 14.6 Å². The van der Waals surface area contributed by atoms with E-state index in [1.165, 1.54) is 0 Å². The van der Waals surface area contributed by atoms with Crippen molar-refractivity contribution in [1.29, 1.82) is 0 Å². The van der Waals surface area contributed by atoms with Crippen molar-refractivity contribution in [1.82, 2.24) is 19.8 Å². The molecule has 0 bridgehead atoms. The number of carbonyl (C=O) groups excluding carboxylic acids is 2. The lowest BCUT2D eigenvalue weighted by molar-refractivity contribution is 0.0664. The quantitative estimate of drug-likeness (QED) is 0.709. The van der Waals surface area contributed by atoms with E-state index < -0.39 is 0 Å². The number of benzene rings is 2. The maximum atomic E-state index is 12.9. The Morgan fingerprint density at radius 3 is 2.45 bits per heavy atom. The van der Waals surface area contributed by atoms with E-state index in [4.69, 9.17) is 0 Å². The molecule has 1 aromatic heterocycles. The van der Waals surface area contributed by atoms with Crippen LogP contribution in [0.5, 0.6) is 0 Å². The molecule has 158 valence electrons. The van der Waals surface area contributed by atoms with E-state index >= 15 is 0 Å². The smallest absolute Gasteiger partial charge is 0.276 e. The summed E-state index contributed by atoms with van der Waals surface area (Å²) in [5, 5.41) is 2.85. The lowest BCUT2D eigenvalue weighted by Crippen LogP contribution is -2.47. The fourth-order valence-electron chi connectivity index (χ4n) is 3.52. The first-order chi connectivity index (χ1) is 15.0. The van der Waals surface area contributed by atoms with E-state index in [9.17, 15) is 9.59 Å². The van der Waals surface area contributed by atoms with E-state index in [0.29, 0.717) is 35.7 Å². The molecule has 0 radical (unpaired) electrons. The molecule has 0 saturated carbocycles. The molecule has 1 saturated heterocycles. The lowest BCUT2D eigenvalue weighted by atomic mass is 10.1. The van der Waals surface area contributed by atoms with Crippen LogP contribution in [-0.2, 0) is 0 Å². The Hall–Kier alpha value is -3.58. The van der Waals surface area contributed by atoms with Gasteiger partial charge in [-0.1, -0.05) is 30.3 Å². The highest BCUT2D eigenvalue weighted by Gasteiger charge is 2.21. The first-order valence-electron chi connectivity index (χ1n) is 10.3. The van der Waals surface area contributed by atoms with Crippen LogP contribution < -0.4 is 5.32 Å². The summed E-state index contributed by atoms with van der Waals surface area (Å²) < 4.78 is 0. The number of nitrogens with one attached hydrogen (secondary N) is 1. The van der Waals surface area contributed by atoms with Crippen LogP contribution in [0, 0.1) is 6.92 Å². The number of nitrogens with zero attached hydrogens (tertiary/aromatic N) is 4. The molecule has 1 N–H and O–H groups in total. The van der Waals surface area contributed by atoms with Crippen LogP contribution >= 0.6 is 0 Å². The summed E-state index contributed by atoms with van der Waals surface area (Å²) in [7, 11) is 2.06. The van der Waals surface area contributed by atoms with Gasteiger partial charge in [-0.15, -0.1) is 0 Å². The summed E-state index contributed by atoms with van der Waals surface area (Å²) in [6.45, 7) is 4.93. The number of anilines is 1. The van der Waals surface area contributed by atoms with Crippen molar-refractivity contribution < 1.29 is 9.59 Å². The molecule has 2 amide bonds. The molecule has 1 aliphatic rings. The summed E-state index contributed by atoms with van der Waals surface area (Å²) in [5.74, 6) is -0.306. The first kappa shape index (κ1) is 20.7. The van der Waals surface area contributed by atoms with Gasteiger partial charge >= 0.3 is 0 Å². The standard InChI is InChI=1S/C24H25N5O2/c1-17-22(23(30)26-20-9-4-3-5-10-20)27-21(16-25-17)18-7-6-8-19(15-18)24(31)29-13-11-28(2)12-14-29/h3-10,15-16H,11-14H2,1-2H3,(H,26,30). The van der Waals surface area contributed by atoms with Gasteiger partial charge in [-0.25, -0.2) is 4.98 Å². The Morgan fingerprint density at radius 1 is 0.968 bits per heavy atom. The van der Waals surface area contributed by atoms with E-state index in [1.807, 2.05) is 59.5 Å². The molecule has 31 heavy (non-hydrogen) atoms. The highest BCUT2D eigenvalue weighted by molar-refractivity contribution is 6.03.